The predicted octanol–water partition coefficient (Wildman–Crippen LogP) is 4.38. The fraction of sp³-hybridized carbons (Fsp3) is 0.318. The van der Waals surface area contributed by atoms with E-state index in [0.29, 0.717) is 32.0 Å². The number of amides is 1. The van der Waals surface area contributed by atoms with E-state index in [0.717, 1.165) is 16.8 Å². The highest BCUT2D eigenvalue weighted by atomic mass is 16.5. The van der Waals surface area contributed by atoms with Crippen LogP contribution >= 0.6 is 0 Å². The van der Waals surface area contributed by atoms with Crippen molar-refractivity contribution in [2.24, 2.45) is 5.92 Å². The minimum Gasteiger partial charge on any atom is -0.493 e. The van der Waals surface area contributed by atoms with Gasteiger partial charge in [0.2, 0.25) is 5.91 Å². The molecule has 4 nitrogen and oxygen atoms in total. The van der Waals surface area contributed by atoms with E-state index in [4.69, 9.17) is 4.74 Å². The summed E-state index contributed by atoms with van der Waals surface area (Å²) in [6.07, 6.45) is 2.50. The Morgan fingerprint density at radius 3 is 2.62 bits per heavy atom. The molecule has 0 saturated carbocycles. The van der Waals surface area contributed by atoms with Crippen molar-refractivity contribution in [1.29, 1.82) is 0 Å². The summed E-state index contributed by atoms with van der Waals surface area (Å²) in [5.74, 6) is 1.43. The molecule has 1 amide bonds. The summed E-state index contributed by atoms with van der Waals surface area (Å²) in [5, 5.41) is 4.19. The van der Waals surface area contributed by atoms with Crippen LogP contribution in [0.1, 0.15) is 25.8 Å². The lowest BCUT2D eigenvalue weighted by atomic mass is 10.2. The molecule has 0 aliphatic heterocycles. The van der Waals surface area contributed by atoms with E-state index in [9.17, 15) is 4.79 Å². The lowest BCUT2D eigenvalue weighted by Gasteiger charge is -2.10. The van der Waals surface area contributed by atoms with Crippen molar-refractivity contribution in [2.75, 3.05) is 6.61 Å². The largest absolute Gasteiger partial charge is 0.493 e. The van der Waals surface area contributed by atoms with E-state index in [2.05, 4.69) is 41.9 Å². The van der Waals surface area contributed by atoms with Crippen LogP contribution < -0.4 is 10.1 Å². The van der Waals surface area contributed by atoms with Gasteiger partial charge in [-0.05, 0) is 41.1 Å². The molecule has 1 heterocycles. The number of carbonyl (C=O) groups is 1. The number of hydrogen-bond acceptors (Lipinski definition) is 2. The van der Waals surface area contributed by atoms with Crippen molar-refractivity contribution in [1.82, 2.24) is 9.88 Å². The molecular formula is C22H26N2O2. The third kappa shape index (κ3) is 4.88. The Bertz CT molecular complexity index is 850. The number of aromatic nitrogens is 1. The summed E-state index contributed by atoms with van der Waals surface area (Å²) in [6, 6.07) is 18.2. The number of ether oxygens (including phenoxy) is 1. The number of rotatable bonds is 8. The van der Waals surface area contributed by atoms with Crippen LogP contribution in [0.25, 0.3) is 10.9 Å². The van der Waals surface area contributed by atoms with E-state index in [1.165, 1.54) is 5.39 Å². The number of nitrogens with zero attached hydrogens (tertiary/aromatic N) is 1. The van der Waals surface area contributed by atoms with Gasteiger partial charge in [-0.3, -0.25) is 4.79 Å². The Balaban J connectivity index is 1.45. The number of aryl methyl sites for hydroxylation is 1. The van der Waals surface area contributed by atoms with Crippen LogP contribution in [-0.2, 0) is 17.9 Å². The number of benzene rings is 2. The Labute approximate surface area is 154 Å². The molecule has 1 aromatic heterocycles. The second-order valence-electron chi connectivity index (χ2n) is 6.94. The molecule has 0 spiro atoms. The van der Waals surface area contributed by atoms with E-state index in [-0.39, 0.29) is 5.91 Å². The molecule has 0 unspecified atom stereocenters. The number of fused-ring (bicyclic) bond motifs is 1. The number of para-hydroxylation sites is 1. The van der Waals surface area contributed by atoms with E-state index in [1.807, 2.05) is 42.6 Å². The summed E-state index contributed by atoms with van der Waals surface area (Å²) >= 11 is 0. The summed E-state index contributed by atoms with van der Waals surface area (Å²) in [6.45, 7) is 6.18. The first-order valence-electron chi connectivity index (χ1n) is 9.14. The van der Waals surface area contributed by atoms with Crippen molar-refractivity contribution < 1.29 is 9.53 Å². The van der Waals surface area contributed by atoms with Crippen LogP contribution in [-0.4, -0.2) is 17.1 Å². The van der Waals surface area contributed by atoms with Crippen LogP contribution in [0.2, 0.25) is 0 Å². The van der Waals surface area contributed by atoms with E-state index >= 15 is 0 Å². The predicted molar refractivity (Wildman–Crippen MR) is 105 cm³/mol. The van der Waals surface area contributed by atoms with Gasteiger partial charge in [-0.25, -0.2) is 0 Å². The molecule has 26 heavy (non-hydrogen) atoms. The summed E-state index contributed by atoms with van der Waals surface area (Å²) < 4.78 is 7.79. The standard InChI is InChI=1S/C22H26N2O2/c1-17(2)16-26-20-9-7-18(8-10-20)15-23-22(25)12-14-24-13-11-19-5-3-4-6-21(19)24/h3-11,13,17H,12,14-16H2,1-2H3,(H,23,25). The van der Waals surface area contributed by atoms with Crippen LogP contribution in [0.4, 0.5) is 0 Å². The number of nitrogens with one attached hydrogen (secondary N) is 1. The maximum atomic E-state index is 12.1. The number of carbonyl (C=O) groups excluding carboxylic acids is 1. The summed E-state index contributed by atoms with van der Waals surface area (Å²) in [4.78, 5) is 12.1. The van der Waals surface area contributed by atoms with Gasteiger partial charge < -0.3 is 14.6 Å². The molecule has 0 atom stereocenters. The van der Waals surface area contributed by atoms with Crippen molar-refractivity contribution in [3.8, 4) is 5.75 Å². The third-order valence-electron chi connectivity index (χ3n) is 4.26. The van der Waals surface area contributed by atoms with Gasteiger partial charge in [0.1, 0.15) is 5.75 Å². The first-order valence-corrected chi connectivity index (χ1v) is 9.14. The number of hydrogen-bond donors (Lipinski definition) is 1. The molecule has 2 aromatic carbocycles. The van der Waals surface area contributed by atoms with Crippen molar-refractivity contribution >= 4 is 16.8 Å². The lowest BCUT2D eigenvalue weighted by molar-refractivity contribution is -0.121. The first-order chi connectivity index (χ1) is 12.6. The van der Waals surface area contributed by atoms with Crippen LogP contribution in [0, 0.1) is 5.92 Å². The van der Waals surface area contributed by atoms with Crippen molar-refractivity contribution in [3.63, 3.8) is 0 Å². The summed E-state index contributed by atoms with van der Waals surface area (Å²) in [5.41, 5.74) is 2.24. The highest BCUT2D eigenvalue weighted by molar-refractivity contribution is 5.80. The Morgan fingerprint density at radius 1 is 1.08 bits per heavy atom. The zero-order valence-electron chi connectivity index (χ0n) is 15.4. The molecular weight excluding hydrogens is 324 g/mol. The van der Waals surface area contributed by atoms with E-state index in [1.54, 1.807) is 0 Å². The topological polar surface area (TPSA) is 43.3 Å². The maximum Gasteiger partial charge on any atom is 0.222 e. The fourth-order valence-corrected chi connectivity index (χ4v) is 2.81. The quantitative estimate of drug-likeness (QED) is 0.655. The highest BCUT2D eigenvalue weighted by Gasteiger charge is 2.05. The fourth-order valence-electron chi connectivity index (χ4n) is 2.81. The molecule has 136 valence electrons. The molecule has 0 saturated heterocycles. The molecule has 4 heteroatoms. The normalized spacial score (nSPS) is 11.0. The minimum atomic E-state index is 0.0583. The van der Waals surface area contributed by atoms with Gasteiger partial charge in [0.05, 0.1) is 6.61 Å². The van der Waals surface area contributed by atoms with Crippen molar-refractivity contribution in [3.05, 3.63) is 66.4 Å². The van der Waals surface area contributed by atoms with Crippen LogP contribution in [0.15, 0.2) is 60.8 Å². The van der Waals surface area contributed by atoms with Gasteiger partial charge in [0.15, 0.2) is 0 Å². The highest BCUT2D eigenvalue weighted by Crippen LogP contribution is 2.15. The molecule has 3 aromatic rings. The summed E-state index contributed by atoms with van der Waals surface area (Å²) in [7, 11) is 0. The van der Waals surface area contributed by atoms with Crippen LogP contribution in [0.5, 0.6) is 5.75 Å². The van der Waals surface area contributed by atoms with Crippen molar-refractivity contribution in [2.45, 2.75) is 33.4 Å². The van der Waals surface area contributed by atoms with Gasteiger partial charge >= 0.3 is 0 Å². The molecule has 0 bridgehead atoms. The molecule has 0 aliphatic carbocycles. The Kier molecular flexibility index (Phi) is 5.95. The van der Waals surface area contributed by atoms with Gasteiger partial charge in [-0.1, -0.05) is 44.2 Å². The molecule has 1 N–H and O–H groups in total. The lowest BCUT2D eigenvalue weighted by Crippen LogP contribution is -2.23. The average Bonchev–Trinajstić information content (AvgIpc) is 3.07. The molecule has 0 fully saturated rings. The van der Waals surface area contributed by atoms with E-state index < -0.39 is 0 Å². The average molecular weight is 350 g/mol. The Morgan fingerprint density at radius 2 is 1.85 bits per heavy atom. The second-order valence-corrected chi connectivity index (χ2v) is 6.94. The van der Waals surface area contributed by atoms with Gasteiger partial charge in [-0.15, -0.1) is 0 Å². The van der Waals surface area contributed by atoms with Gasteiger partial charge in [-0.2, -0.15) is 0 Å². The smallest absolute Gasteiger partial charge is 0.222 e. The van der Waals surface area contributed by atoms with Crippen LogP contribution in [0.3, 0.4) is 0 Å². The van der Waals surface area contributed by atoms with Gasteiger partial charge in [0, 0.05) is 31.2 Å². The minimum absolute atomic E-state index is 0.0583. The maximum absolute atomic E-state index is 12.1. The first kappa shape index (κ1) is 18.1. The molecule has 0 aliphatic rings. The second kappa shape index (κ2) is 8.56. The molecule has 0 radical (unpaired) electrons. The zero-order valence-corrected chi connectivity index (χ0v) is 15.4. The third-order valence-corrected chi connectivity index (χ3v) is 4.26. The monoisotopic (exact) mass is 350 g/mol. The molecule has 3 rings (SSSR count). The SMILES string of the molecule is CC(C)COc1ccc(CNC(=O)CCn2ccc3ccccc32)cc1. The zero-order chi connectivity index (χ0) is 18.4. The Hall–Kier alpha value is -2.75. The van der Waals surface area contributed by atoms with Gasteiger partial charge in [0.25, 0.3) is 0 Å².